The smallest absolute Gasteiger partial charge is 0.230 e. The van der Waals surface area contributed by atoms with Gasteiger partial charge >= 0.3 is 0 Å². The van der Waals surface area contributed by atoms with Gasteiger partial charge in [0.2, 0.25) is 5.91 Å². The second kappa shape index (κ2) is 8.57. The van der Waals surface area contributed by atoms with Crippen molar-refractivity contribution in [2.45, 2.75) is 25.5 Å². The van der Waals surface area contributed by atoms with Crippen LogP contribution in [0.4, 0.5) is 0 Å². The maximum atomic E-state index is 11.7. The molecule has 4 heteroatoms. The van der Waals surface area contributed by atoms with Crippen molar-refractivity contribution in [2.24, 2.45) is 0 Å². The van der Waals surface area contributed by atoms with E-state index in [1.165, 1.54) is 11.1 Å². The first-order valence-electron chi connectivity index (χ1n) is 7.16. The fourth-order valence-corrected chi connectivity index (χ4v) is 2.76. The molecule has 21 heavy (non-hydrogen) atoms. The van der Waals surface area contributed by atoms with Crippen molar-refractivity contribution >= 4 is 17.7 Å². The van der Waals surface area contributed by atoms with Gasteiger partial charge in [0.05, 0.1) is 12.0 Å². The predicted molar refractivity (Wildman–Crippen MR) is 87.4 cm³/mol. The molecule has 0 bridgehead atoms. The minimum absolute atomic E-state index is 0.103. The van der Waals surface area contributed by atoms with Crippen molar-refractivity contribution < 1.29 is 9.21 Å². The lowest BCUT2D eigenvalue weighted by atomic mass is 10.2. The molecule has 1 aromatic heterocycles. The predicted octanol–water partition coefficient (Wildman–Crippen LogP) is 3.57. The Labute approximate surface area is 130 Å². The molecule has 0 aliphatic carbocycles. The molecule has 0 aliphatic heterocycles. The number of rotatable bonds is 8. The average Bonchev–Trinajstić information content (AvgIpc) is 2.99. The lowest BCUT2D eigenvalue weighted by Crippen LogP contribution is -2.26. The monoisotopic (exact) mass is 303 g/mol. The van der Waals surface area contributed by atoms with E-state index in [2.05, 4.69) is 36.5 Å². The van der Waals surface area contributed by atoms with Crippen LogP contribution in [0.5, 0.6) is 0 Å². The van der Waals surface area contributed by atoms with E-state index in [-0.39, 0.29) is 5.91 Å². The SMILES string of the molecule is Cc1ccc(CSCC(=O)NCCCc2ccco2)cc1. The van der Waals surface area contributed by atoms with Gasteiger partial charge in [0, 0.05) is 18.7 Å². The van der Waals surface area contributed by atoms with Gasteiger partial charge in [0.1, 0.15) is 5.76 Å². The Kier molecular flexibility index (Phi) is 6.41. The first kappa shape index (κ1) is 15.7. The zero-order valence-corrected chi connectivity index (χ0v) is 13.1. The number of thioether (sulfide) groups is 1. The quantitative estimate of drug-likeness (QED) is 0.758. The summed E-state index contributed by atoms with van der Waals surface area (Å²) in [6.45, 7) is 2.78. The third kappa shape index (κ3) is 6.08. The van der Waals surface area contributed by atoms with E-state index in [1.807, 2.05) is 12.1 Å². The molecule has 0 radical (unpaired) electrons. The van der Waals surface area contributed by atoms with Crippen LogP contribution in [0.15, 0.2) is 47.1 Å². The molecule has 0 spiro atoms. The molecule has 0 atom stereocenters. The minimum Gasteiger partial charge on any atom is -0.469 e. The highest BCUT2D eigenvalue weighted by Crippen LogP contribution is 2.12. The normalized spacial score (nSPS) is 10.5. The lowest BCUT2D eigenvalue weighted by Gasteiger charge is -2.05. The summed E-state index contributed by atoms with van der Waals surface area (Å²) >= 11 is 1.65. The first-order chi connectivity index (χ1) is 10.2. The van der Waals surface area contributed by atoms with Gasteiger partial charge in [-0.3, -0.25) is 4.79 Å². The molecule has 1 N–H and O–H groups in total. The second-order valence-corrected chi connectivity index (χ2v) is 6.00. The van der Waals surface area contributed by atoms with Crippen molar-refractivity contribution in [3.05, 3.63) is 59.5 Å². The van der Waals surface area contributed by atoms with Crippen LogP contribution >= 0.6 is 11.8 Å². The summed E-state index contributed by atoms with van der Waals surface area (Å²) in [4.78, 5) is 11.7. The first-order valence-corrected chi connectivity index (χ1v) is 8.32. The van der Waals surface area contributed by atoms with Gasteiger partial charge in [-0.2, -0.15) is 0 Å². The van der Waals surface area contributed by atoms with Crippen LogP contribution < -0.4 is 5.32 Å². The number of furan rings is 1. The summed E-state index contributed by atoms with van der Waals surface area (Å²) in [7, 11) is 0. The molecule has 2 aromatic rings. The highest BCUT2D eigenvalue weighted by Gasteiger charge is 2.02. The summed E-state index contributed by atoms with van der Waals surface area (Å²) in [5.74, 6) is 2.46. The summed E-state index contributed by atoms with van der Waals surface area (Å²) in [5, 5.41) is 2.94. The largest absolute Gasteiger partial charge is 0.469 e. The number of carbonyl (C=O) groups is 1. The molecular formula is C17H21NO2S. The highest BCUT2D eigenvalue weighted by molar-refractivity contribution is 7.99. The van der Waals surface area contributed by atoms with E-state index in [9.17, 15) is 4.79 Å². The number of aryl methyl sites for hydroxylation is 2. The molecule has 0 saturated heterocycles. The Bertz CT molecular complexity index is 534. The van der Waals surface area contributed by atoms with Gasteiger partial charge in [0.25, 0.3) is 0 Å². The van der Waals surface area contributed by atoms with E-state index in [0.717, 1.165) is 24.4 Å². The van der Waals surface area contributed by atoms with Gasteiger partial charge in [0.15, 0.2) is 0 Å². The molecule has 1 amide bonds. The van der Waals surface area contributed by atoms with Crippen molar-refractivity contribution in [3.8, 4) is 0 Å². The van der Waals surface area contributed by atoms with Gasteiger partial charge in [-0.15, -0.1) is 11.8 Å². The zero-order chi connectivity index (χ0) is 14.9. The Morgan fingerprint density at radius 2 is 2.05 bits per heavy atom. The van der Waals surface area contributed by atoms with Crippen LogP contribution in [0.25, 0.3) is 0 Å². The van der Waals surface area contributed by atoms with Gasteiger partial charge < -0.3 is 9.73 Å². The third-order valence-electron chi connectivity index (χ3n) is 3.12. The summed E-state index contributed by atoms with van der Waals surface area (Å²) < 4.78 is 5.25. The molecular weight excluding hydrogens is 282 g/mol. The van der Waals surface area contributed by atoms with E-state index >= 15 is 0 Å². The lowest BCUT2D eigenvalue weighted by molar-refractivity contribution is -0.118. The molecule has 112 valence electrons. The summed E-state index contributed by atoms with van der Waals surface area (Å²) in [6, 6.07) is 12.3. The highest BCUT2D eigenvalue weighted by atomic mass is 32.2. The van der Waals surface area contributed by atoms with Crippen LogP contribution in [0.1, 0.15) is 23.3 Å². The Morgan fingerprint density at radius 1 is 1.24 bits per heavy atom. The number of hydrogen-bond donors (Lipinski definition) is 1. The minimum atomic E-state index is 0.103. The average molecular weight is 303 g/mol. The van der Waals surface area contributed by atoms with E-state index in [4.69, 9.17) is 4.42 Å². The number of hydrogen-bond acceptors (Lipinski definition) is 3. The topological polar surface area (TPSA) is 42.2 Å². The maximum absolute atomic E-state index is 11.7. The third-order valence-corrected chi connectivity index (χ3v) is 4.13. The van der Waals surface area contributed by atoms with Crippen molar-refractivity contribution in [1.82, 2.24) is 5.32 Å². The molecule has 0 unspecified atom stereocenters. The Hall–Kier alpha value is -1.68. The van der Waals surface area contributed by atoms with Crippen molar-refractivity contribution in [1.29, 1.82) is 0 Å². The zero-order valence-electron chi connectivity index (χ0n) is 12.3. The van der Waals surface area contributed by atoms with E-state index < -0.39 is 0 Å². The van der Waals surface area contributed by atoms with Crippen LogP contribution in [0.3, 0.4) is 0 Å². The molecule has 0 fully saturated rings. The van der Waals surface area contributed by atoms with Gasteiger partial charge in [-0.25, -0.2) is 0 Å². The number of carbonyl (C=O) groups excluding carboxylic acids is 1. The molecule has 1 aromatic carbocycles. The Morgan fingerprint density at radius 3 is 2.76 bits per heavy atom. The van der Waals surface area contributed by atoms with Crippen molar-refractivity contribution in [3.63, 3.8) is 0 Å². The van der Waals surface area contributed by atoms with Crippen LogP contribution in [-0.2, 0) is 17.0 Å². The van der Waals surface area contributed by atoms with Crippen LogP contribution in [0.2, 0.25) is 0 Å². The second-order valence-electron chi connectivity index (χ2n) is 5.01. The number of benzene rings is 1. The fraction of sp³-hybridized carbons (Fsp3) is 0.353. The molecule has 3 nitrogen and oxygen atoms in total. The summed E-state index contributed by atoms with van der Waals surface area (Å²) in [6.07, 6.45) is 3.45. The number of amides is 1. The van der Waals surface area contributed by atoms with E-state index in [0.29, 0.717) is 12.3 Å². The van der Waals surface area contributed by atoms with Gasteiger partial charge in [-0.05, 0) is 31.0 Å². The fourth-order valence-electron chi connectivity index (χ4n) is 1.94. The molecule has 1 heterocycles. The van der Waals surface area contributed by atoms with Crippen LogP contribution in [0, 0.1) is 6.92 Å². The maximum Gasteiger partial charge on any atom is 0.230 e. The van der Waals surface area contributed by atoms with Crippen LogP contribution in [-0.4, -0.2) is 18.2 Å². The summed E-state index contributed by atoms with van der Waals surface area (Å²) in [5.41, 5.74) is 2.52. The van der Waals surface area contributed by atoms with E-state index in [1.54, 1.807) is 18.0 Å². The number of nitrogens with one attached hydrogen (secondary N) is 1. The van der Waals surface area contributed by atoms with Crippen molar-refractivity contribution in [2.75, 3.05) is 12.3 Å². The van der Waals surface area contributed by atoms with Gasteiger partial charge in [-0.1, -0.05) is 29.8 Å². The standard InChI is InChI=1S/C17H21NO2S/c1-14-6-8-15(9-7-14)12-21-13-17(19)18-10-2-4-16-5-3-11-20-16/h3,5-9,11H,2,4,10,12-13H2,1H3,(H,18,19). The molecule has 2 rings (SSSR count). The molecule has 0 aliphatic rings. The Balaban J connectivity index is 1.54. The molecule has 0 saturated carbocycles.